The number of ether oxygens (including phenoxy) is 1. The zero-order valence-corrected chi connectivity index (χ0v) is 10.8. The summed E-state index contributed by atoms with van der Waals surface area (Å²) in [5, 5.41) is 19.1. The van der Waals surface area contributed by atoms with Crippen LogP contribution >= 0.6 is 11.3 Å². The minimum Gasteiger partial charge on any atom is -0.542 e. The van der Waals surface area contributed by atoms with Gasteiger partial charge in [-0.25, -0.2) is 4.79 Å². The van der Waals surface area contributed by atoms with E-state index in [1.165, 1.54) is 0 Å². The average molecular weight is 251 g/mol. The van der Waals surface area contributed by atoms with Crippen LogP contribution in [0.2, 0.25) is 0 Å². The number of anilines is 1. The molecule has 1 N–H and O–H groups in total. The summed E-state index contributed by atoms with van der Waals surface area (Å²) in [5.74, 6) is -1.44. The molecule has 7 nitrogen and oxygen atoms in total. The molecule has 0 spiro atoms. The number of aromatic nitrogens is 2. The zero-order chi connectivity index (χ0) is 12.3. The van der Waals surface area contributed by atoms with Crippen molar-refractivity contribution in [3.63, 3.8) is 0 Å². The molecular formula is C8H10LiN3O4S. The van der Waals surface area contributed by atoms with E-state index in [1.54, 1.807) is 20.8 Å². The normalized spacial score (nSPS) is 10.3. The van der Waals surface area contributed by atoms with Gasteiger partial charge in [0.1, 0.15) is 11.6 Å². The molecule has 0 fully saturated rings. The molecule has 17 heavy (non-hydrogen) atoms. The van der Waals surface area contributed by atoms with Crippen LogP contribution in [0.25, 0.3) is 0 Å². The Balaban J connectivity index is 0.00000256. The molecule has 1 aromatic heterocycles. The third-order valence-corrected chi connectivity index (χ3v) is 2.03. The van der Waals surface area contributed by atoms with E-state index in [0.717, 1.165) is 0 Å². The molecule has 1 rings (SSSR count). The van der Waals surface area contributed by atoms with Crippen LogP contribution in [-0.4, -0.2) is 27.9 Å². The van der Waals surface area contributed by atoms with E-state index in [2.05, 4.69) is 15.5 Å². The van der Waals surface area contributed by atoms with Crippen LogP contribution in [0.4, 0.5) is 9.93 Å². The van der Waals surface area contributed by atoms with E-state index in [9.17, 15) is 14.7 Å². The second-order valence-electron chi connectivity index (χ2n) is 3.83. The molecule has 0 saturated carbocycles. The maximum atomic E-state index is 11.2. The first kappa shape index (κ1) is 15.9. The van der Waals surface area contributed by atoms with Gasteiger partial charge in [-0.2, -0.15) is 0 Å². The van der Waals surface area contributed by atoms with Gasteiger partial charge in [-0.3, -0.25) is 5.32 Å². The Hall–Kier alpha value is -1.10. The van der Waals surface area contributed by atoms with Gasteiger partial charge < -0.3 is 14.6 Å². The van der Waals surface area contributed by atoms with E-state index in [0.29, 0.717) is 11.3 Å². The second-order valence-corrected chi connectivity index (χ2v) is 4.80. The smallest absolute Gasteiger partial charge is 0.542 e. The number of nitrogens with zero attached hydrogens (tertiary/aromatic N) is 2. The van der Waals surface area contributed by atoms with Crippen LogP contribution in [0, 0.1) is 0 Å². The predicted octanol–water partition coefficient (Wildman–Crippen LogP) is -2.75. The molecular weight excluding hydrogens is 241 g/mol. The van der Waals surface area contributed by atoms with Crippen LogP contribution in [0.1, 0.15) is 30.6 Å². The standard InChI is InChI=1S/C8H11N3O4S.Li/c1-8(2,3)15-7(14)9-6-11-10-4(16-6)5(12)13;/h1-3H3,(H,12,13)(H,9,11,14);/q;+1/p-1. The van der Waals surface area contributed by atoms with Gasteiger partial charge in [0.15, 0.2) is 5.01 Å². The molecule has 1 aromatic rings. The minimum atomic E-state index is -1.44. The fourth-order valence-corrected chi connectivity index (χ4v) is 1.31. The van der Waals surface area contributed by atoms with Crippen molar-refractivity contribution in [2.24, 2.45) is 0 Å². The summed E-state index contributed by atoms with van der Waals surface area (Å²) in [6, 6.07) is 0. The molecule has 88 valence electrons. The largest absolute Gasteiger partial charge is 1.00 e. The summed E-state index contributed by atoms with van der Waals surface area (Å²) in [6.07, 6.45) is -0.714. The van der Waals surface area contributed by atoms with Gasteiger partial charge in [-0.15, -0.1) is 10.2 Å². The molecule has 1 amide bonds. The number of carboxylic acids is 1. The molecule has 0 unspecified atom stereocenters. The molecule has 0 saturated heterocycles. The maximum absolute atomic E-state index is 11.2. The Labute approximate surface area is 114 Å². The fraction of sp³-hybridized carbons (Fsp3) is 0.500. The van der Waals surface area contributed by atoms with Crippen LogP contribution in [0.5, 0.6) is 0 Å². The van der Waals surface area contributed by atoms with Gasteiger partial charge in [0, 0.05) is 0 Å². The zero-order valence-electron chi connectivity index (χ0n) is 9.94. The summed E-state index contributed by atoms with van der Waals surface area (Å²) in [5.41, 5.74) is -0.633. The minimum absolute atomic E-state index is 0. The third-order valence-electron chi connectivity index (χ3n) is 1.21. The average Bonchev–Trinajstić information content (AvgIpc) is 2.48. The molecule has 0 aliphatic carbocycles. The van der Waals surface area contributed by atoms with Crippen molar-refractivity contribution in [1.29, 1.82) is 0 Å². The monoisotopic (exact) mass is 251 g/mol. The molecule has 0 aliphatic rings. The van der Waals surface area contributed by atoms with E-state index >= 15 is 0 Å². The molecule has 0 radical (unpaired) electrons. The Bertz CT molecular complexity index is 415. The number of nitrogens with one attached hydrogen (secondary N) is 1. The molecule has 0 aliphatic heterocycles. The quantitative estimate of drug-likeness (QED) is 0.571. The van der Waals surface area contributed by atoms with Crippen LogP contribution < -0.4 is 29.3 Å². The van der Waals surface area contributed by atoms with E-state index in [-0.39, 0.29) is 29.0 Å². The third kappa shape index (κ3) is 5.67. The van der Waals surface area contributed by atoms with Gasteiger partial charge in [0.2, 0.25) is 5.13 Å². The molecule has 0 aromatic carbocycles. The van der Waals surface area contributed by atoms with Gasteiger partial charge in [-0.05, 0) is 20.8 Å². The Morgan fingerprint density at radius 2 is 1.94 bits per heavy atom. The van der Waals surface area contributed by atoms with E-state index in [1.807, 2.05) is 0 Å². The van der Waals surface area contributed by atoms with Crippen molar-refractivity contribution in [3.8, 4) is 0 Å². The SMILES string of the molecule is CC(C)(C)OC(=O)Nc1nnc(C(=O)[O-])s1.[Li+]. The molecule has 0 atom stereocenters. The first-order valence-corrected chi connectivity index (χ1v) is 5.14. The number of carbonyl (C=O) groups excluding carboxylic acids is 2. The van der Waals surface area contributed by atoms with E-state index in [4.69, 9.17) is 4.74 Å². The summed E-state index contributed by atoms with van der Waals surface area (Å²) >= 11 is 0.699. The number of rotatable bonds is 2. The Kier molecular flexibility index (Phi) is 5.61. The van der Waals surface area contributed by atoms with Crippen molar-refractivity contribution in [2.75, 3.05) is 5.32 Å². The number of amides is 1. The van der Waals surface area contributed by atoms with Crippen LogP contribution in [0.3, 0.4) is 0 Å². The van der Waals surface area contributed by atoms with Crippen molar-refractivity contribution < 1.29 is 38.3 Å². The van der Waals surface area contributed by atoms with Crippen LogP contribution in [-0.2, 0) is 4.74 Å². The summed E-state index contributed by atoms with van der Waals surface area (Å²) < 4.78 is 4.94. The van der Waals surface area contributed by atoms with Gasteiger partial charge >= 0.3 is 25.0 Å². The van der Waals surface area contributed by atoms with Crippen LogP contribution in [0.15, 0.2) is 0 Å². The topological polar surface area (TPSA) is 104 Å². The van der Waals surface area contributed by atoms with Crippen molar-refractivity contribution >= 4 is 28.5 Å². The number of hydrogen-bond donors (Lipinski definition) is 1. The Morgan fingerprint density at radius 3 is 2.35 bits per heavy atom. The number of hydrogen-bond acceptors (Lipinski definition) is 7. The van der Waals surface area contributed by atoms with Crippen molar-refractivity contribution in [2.45, 2.75) is 26.4 Å². The first-order chi connectivity index (χ1) is 7.28. The number of aromatic carboxylic acids is 1. The van der Waals surface area contributed by atoms with Gasteiger partial charge in [0.05, 0.1) is 0 Å². The number of carboxylic acid groups (broad SMARTS) is 1. The Morgan fingerprint density at radius 1 is 1.35 bits per heavy atom. The summed E-state index contributed by atoms with van der Waals surface area (Å²) in [7, 11) is 0. The fourth-order valence-electron chi connectivity index (χ4n) is 0.747. The number of carbonyl (C=O) groups is 2. The van der Waals surface area contributed by atoms with Crippen molar-refractivity contribution in [1.82, 2.24) is 10.2 Å². The molecule has 0 bridgehead atoms. The first-order valence-electron chi connectivity index (χ1n) is 4.33. The maximum Gasteiger partial charge on any atom is 1.00 e. The van der Waals surface area contributed by atoms with Gasteiger partial charge in [-0.1, -0.05) is 11.3 Å². The van der Waals surface area contributed by atoms with E-state index < -0.39 is 17.7 Å². The summed E-state index contributed by atoms with van der Waals surface area (Å²) in [6.45, 7) is 5.12. The van der Waals surface area contributed by atoms with Crippen molar-refractivity contribution in [3.05, 3.63) is 5.01 Å². The predicted molar refractivity (Wildman–Crippen MR) is 54.1 cm³/mol. The second kappa shape index (κ2) is 6.00. The van der Waals surface area contributed by atoms with Gasteiger partial charge in [0.25, 0.3) is 0 Å². The summed E-state index contributed by atoms with van der Waals surface area (Å²) in [4.78, 5) is 21.6. The molecule has 9 heteroatoms. The molecule has 1 heterocycles.